The van der Waals surface area contributed by atoms with Crippen LogP contribution in [-0.4, -0.2) is 78.1 Å². The van der Waals surface area contributed by atoms with Gasteiger partial charge < -0.3 is 35.5 Å². The second-order valence-corrected chi connectivity index (χ2v) is 24.4. The van der Waals surface area contributed by atoms with Gasteiger partial charge in [0.25, 0.3) is 5.69 Å². The zero-order valence-electron chi connectivity index (χ0n) is 46.0. The van der Waals surface area contributed by atoms with Crippen molar-refractivity contribution in [2.24, 2.45) is 52.3 Å². The Balaban J connectivity index is 0.883. The largest absolute Gasteiger partial charge is 0.514 e. The number of nitro groups is 1. The van der Waals surface area contributed by atoms with E-state index in [0.717, 1.165) is 48.3 Å². The van der Waals surface area contributed by atoms with Gasteiger partial charge in [0.05, 0.1) is 11.0 Å². The fourth-order valence-corrected chi connectivity index (χ4v) is 13.7. The van der Waals surface area contributed by atoms with Crippen molar-refractivity contribution in [3.05, 3.63) is 75.9 Å². The smallest absolute Gasteiger partial charge is 0.429 e. The van der Waals surface area contributed by atoms with Gasteiger partial charge in [-0.3, -0.25) is 29.3 Å². The van der Waals surface area contributed by atoms with Gasteiger partial charge in [-0.05, 0) is 165 Å². The van der Waals surface area contributed by atoms with Gasteiger partial charge in [-0.15, -0.1) is 0 Å². The van der Waals surface area contributed by atoms with Crippen molar-refractivity contribution in [3.63, 3.8) is 0 Å². The number of fused-ring (bicyclic) bond motifs is 5. The van der Waals surface area contributed by atoms with Gasteiger partial charge in [-0.1, -0.05) is 91.5 Å². The summed E-state index contributed by atoms with van der Waals surface area (Å²) in [6, 6.07) is 9.78. The number of hydrogen-bond acceptors (Lipinski definition) is 11. The predicted octanol–water partition coefficient (Wildman–Crippen LogP) is 11.7. The highest BCUT2D eigenvalue weighted by atomic mass is 32.2. The molecule has 3 fully saturated rings. The highest BCUT2D eigenvalue weighted by Gasteiger charge is 2.59. The first kappa shape index (κ1) is 59.3. The van der Waals surface area contributed by atoms with Gasteiger partial charge in [0.15, 0.2) is 0 Å². The minimum absolute atomic E-state index is 0.0197. The lowest BCUT2D eigenvalue weighted by atomic mass is 9.47. The third kappa shape index (κ3) is 16.5. The van der Waals surface area contributed by atoms with Gasteiger partial charge in [-0.25, -0.2) is 4.79 Å². The highest BCUT2D eigenvalue weighted by molar-refractivity contribution is 7.98. The van der Waals surface area contributed by atoms with Crippen LogP contribution in [0, 0.1) is 62.4 Å². The van der Waals surface area contributed by atoms with Crippen molar-refractivity contribution in [1.29, 1.82) is 0 Å². The van der Waals surface area contributed by atoms with Crippen LogP contribution in [0.2, 0.25) is 0 Å². The molecule has 0 bridgehead atoms. The summed E-state index contributed by atoms with van der Waals surface area (Å²) in [5, 5.41) is 22.3. The fraction of sp³-hybridized carbons (Fsp3) is 0.678. The molecule has 414 valence electrons. The predicted molar refractivity (Wildman–Crippen MR) is 295 cm³/mol. The quantitative estimate of drug-likeness (QED) is 0.0165. The maximum atomic E-state index is 13.7. The molecule has 0 spiro atoms. The molecule has 4 aliphatic rings. The summed E-state index contributed by atoms with van der Waals surface area (Å²) in [6.45, 7) is 17.3. The lowest BCUT2D eigenvalue weighted by Gasteiger charge is -2.58. The van der Waals surface area contributed by atoms with E-state index in [2.05, 4.69) is 62.0 Å². The summed E-state index contributed by atoms with van der Waals surface area (Å²) in [5.41, 5.74) is 3.30. The van der Waals surface area contributed by atoms with Crippen LogP contribution in [0.1, 0.15) is 157 Å². The van der Waals surface area contributed by atoms with E-state index in [0.29, 0.717) is 54.8 Å². The molecule has 0 heterocycles. The van der Waals surface area contributed by atoms with E-state index in [9.17, 15) is 34.1 Å². The standard InChI is InChI=1S/C59H87N5O10S/c1-38(2)11-9-12-40(5)48-23-24-49-47-22-15-42-36-46(27-30-58(42,6)50(47)28-31-59(48,49)7)72-33-10-32-60-53(65)25-26-54(66)62-52(35-39(3)4)56(68)63-51(29-34-75-8)55(67)61-43-16-13-41(14-17-43)37-73-57(69)74-45-20-18-44(19-21-45)64(70)71/h13-21,38-40,46-52H,9-12,22-37H2,1-8H3,(H,60,65)(H,61,67)(H,62,66)(H,63,68)/t40?,46-,47-,48+,49-,50-,51?,52?,58-,59+/m0/s1. The normalized spacial score (nSPS) is 25.1. The van der Waals surface area contributed by atoms with Crippen LogP contribution in [0.3, 0.4) is 0 Å². The van der Waals surface area contributed by atoms with Crippen molar-refractivity contribution >= 4 is 52.9 Å². The summed E-state index contributed by atoms with van der Waals surface area (Å²) < 4.78 is 16.7. The van der Waals surface area contributed by atoms with E-state index < -0.39 is 40.9 Å². The second kappa shape index (κ2) is 27.9. The molecule has 0 saturated heterocycles. The monoisotopic (exact) mass is 1060 g/mol. The van der Waals surface area contributed by atoms with E-state index in [1.54, 1.807) is 29.8 Å². The SMILES string of the molecule is CSCCC(NC(=O)C(CC(C)C)NC(=O)CCC(=O)NCCCO[C@H]1CC[C@@]2(C)C(=CC[C@H]3[C@@H]4CC[C@H](C(C)CCCC(C)C)[C@@]4(C)CC[C@@H]32)C1)C(=O)Nc1ccc(COC(=O)Oc2ccc([N+](=O)[O-])cc2)cc1. The number of carbonyl (C=O) groups is 5. The van der Waals surface area contributed by atoms with Crippen molar-refractivity contribution in [1.82, 2.24) is 16.0 Å². The number of nitrogens with zero attached hydrogens (tertiary/aromatic N) is 1. The van der Waals surface area contributed by atoms with Crippen molar-refractivity contribution < 1.29 is 43.1 Å². The topological polar surface area (TPSA) is 204 Å². The molecule has 0 radical (unpaired) electrons. The third-order valence-corrected chi connectivity index (χ3v) is 17.9. The fourth-order valence-electron chi connectivity index (χ4n) is 13.2. The number of anilines is 1. The summed E-state index contributed by atoms with van der Waals surface area (Å²) in [4.78, 5) is 75.7. The van der Waals surface area contributed by atoms with Crippen molar-refractivity contribution in [2.75, 3.05) is 30.5 Å². The van der Waals surface area contributed by atoms with E-state index in [1.165, 1.54) is 93.8 Å². The van der Waals surface area contributed by atoms with Crippen molar-refractivity contribution in [3.8, 4) is 5.75 Å². The Labute approximate surface area is 450 Å². The molecule has 75 heavy (non-hydrogen) atoms. The first-order chi connectivity index (χ1) is 35.8. The van der Waals surface area contributed by atoms with Crippen LogP contribution in [0.5, 0.6) is 5.75 Å². The van der Waals surface area contributed by atoms with Crippen LogP contribution in [0.25, 0.3) is 0 Å². The number of nitrogens with one attached hydrogen (secondary N) is 4. The van der Waals surface area contributed by atoms with E-state index in [4.69, 9.17) is 14.2 Å². The minimum atomic E-state index is -0.991. The van der Waals surface area contributed by atoms with Gasteiger partial charge in [0.2, 0.25) is 23.6 Å². The molecule has 2 aromatic carbocycles. The van der Waals surface area contributed by atoms with Gasteiger partial charge in [0.1, 0.15) is 24.4 Å². The number of non-ortho nitro benzene ring substituents is 1. The van der Waals surface area contributed by atoms with E-state index in [1.807, 2.05) is 20.1 Å². The molecule has 15 nitrogen and oxygen atoms in total. The Morgan fingerprint density at radius 2 is 1.53 bits per heavy atom. The molecule has 4 amide bonds. The number of rotatable bonds is 27. The average Bonchev–Trinajstić information content (AvgIpc) is 3.73. The lowest BCUT2D eigenvalue weighted by Crippen LogP contribution is -2.53. The summed E-state index contributed by atoms with van der Waals surface area (Å²) in [7, 11) is 0. The lowest BCUT2D eigenvalue weighted by molar-refractivity contribution is -0.384. The molecular weight excluding hydrogens is 971 g/mol. The Morgan fingerprint density at radius 1 is 0.800 bits per heavy atom. The van der Waals surface area contributed by atoms with Crippen LogP contribution in [-0.2, 0) is 35.3 Å². The molecule has 0 aliphatic heterocycles. The first-order valence-corrected chi connectivity index (χ1v) is 29.3. The highest BCUT2D eigenvalue weighted by Crippen LogP contribution is 2.67. The third-order valence-electron chi connectivity index (χ3n) is 17.3. The Hall–Kier alpha value is -4.96. The van der Waals surface area contributed by atoms with Crippen molar-refractivity contribution in [2.45, 2.75) is 176 Å². The minimum Gasteiger partial charge on any atom is -0.429 e. The Bertz CT molecular complexity index is 2270. The Morgan fingerprint density at radius 3 is 2.23 bits per heavy atom. The summed E-state index contributed by atoms with van der Waals surface area (Å²) in [5.74, 6) is 4.07. The van der Waals surface area contributed by atoms with Crippen LogP contribution in [0.15, 0.2) is 60.2 Å². The molecule has 4 aliphatic carbocycles. The van der Waals surface area contributed by atoms with Gasteiger partial charge in [-0.2, -0.15) is 11.8 Å². The van der Waals surface area contributed by atoms with Gasteiger partial charge in [0, 0.05) is 43.8 Å². The zero-order valence-corrected chi connectivity index (χ0v) is 46.9. The maximum absolute atomic E-state index is 13.7. The molecule has 3 saturated carbocycles. The molecular formula is C59H87N5O10S. The number of benzene rings is 2. The van der Waals surface area contributed by atoms with Crippen LogP contribution < -0.4 is 26.0 Å². The maximum Gasteiger partial charge on any atom is 0.514 e. The summed E-state index contributed by atoms with van der Waals surface area (Å²) in [6.07, 6.45) is 19.2. The van der Waals surface area contributed by atoms with Gasteiger partial charge >= 0.3 is 6.16 Å². The number of carbonyl (C=O) groups excluding carboxylic acids is 5. The number of hydrogen-bond donors (Lipinski definition) is 4. The molecule has 2 aromatic rings. The molecule has 6 rings (SSSR count). The van der Waals surface area contributed by atoms with Crippen LogP contribution >= 0.6 is 11.8 Å². The number of allylic oxidation sites excluding steroid dienone is 1. The number of amides is 4. The molecule has 10 atom stereocenters. The van der Waals surface area contributed by atoms with E-state index in [-0.39, 0.29) is 54.2 Å². The number of ether oxygens (including phenoxy) is 3. The summed E-state index contributed by atoms with van der Waals surface area (Å²) >= 11 is 1.53. The second-order valence-electron chi connectivity index (χ2n) is 23.4. The molecule has 4 N–H and O–H groups in total. The number of nitro benzene ring substituents is 1. The Kier molecular flexibility index (Phi) is 22.1. The molecule has 0 aromatic heterocycles. The molecule has 16 heteroatoms. The first-order valence-electron chi connectivity index (χ1n) is 27.9. The van der Waals surface area contributed by atoms with E-state index >= 15 is 0 Å². The zero-order chi connectivity index (χ0) is 54.3. The van der Waals surface area contributed by atoms with Crippen LogP contribution in [0.4, 0.5) is 16.2 Å². The molecule has 3 unspecified atom stereocenters. The number of thioether (sulfide) groups is 1. The average molecular weight is 1060 g/mol.